The van der Waals surface area contributed by atoms with Crippen molar-refractivity contribution in [2.45, 2.75) is 36.0 Å². The molecule has 25 heavy (non-hydrogen) atoms. The van der Waals surface area contributed by atoms with Gasteiger partial charge in [0, 0.05) is 17.3 Å². The number of benzene rings is 1. The number of halogens is 1. The van der Waals surface area contributed by atoms with Crippen molar-refractivity contribution < 1.29 is 16.8 Å². The minimum absolute atomic E-state index is 0.0102. The van der Waals surface area contributed by atoms with E-state index < -0.39 is 19.9 Å². The Labute approximate surface area is 159 Å². The number of hydrogen-bond donors (Lipinski definition) is 1. The molecule has 1 heterocycles. The Bertz CT molecular complexity index is 801. The van der Waals surface area contributed by atoms with Gasteiger partial charge in [0.05, 0.1) is 9.79 Å². The first-order valence-corrected chi connectivity index (χ1v) is 12.5. The highest BCUT2D eigenvalue weighted by Gasteiger charge is 2.24. The molecule has 0 amide bonds. The lowest BCUT2D eigenvalue weighted by Gasteiger charge is -2.31. The van der Waals surface area contributed by atoms with Gasteiger partial charge in [0.2, 0.25) is 10.0 Å². The van der Waals surface area contributed by atoms with Crippen LogP contribution in [-0.4, -0.2) is 54.2 Å². The molecule has 0 saturated carbocycles. The van der Waals surface area contributed by atoms with E-state index in [1.54, 1.807) is 0 Å². The molecule has 1 aromatic rings. The highest BCUT2D eigenvalue weighted by atomic mass is 79.9. The van der Waals surface area contributed by atoms with E-state index in [0.717, 1.165) is 45.2 Å². The van der Waals surface area contributed by atoms with E-state index in [1.807, 2.05) is 0 Å². The Hall–Kier alpha value is -0.480. The molecular formula is C16H25BrN2O4S2. The maximum atomic E-state index is 12.6. The molecule has 1 aliphatic heterocycles. The quantitative estimate of drug-likeness (QED) is 0.685. The number of sulfonamides is 1. The fourth-order valence-corrected chi connectivity index (χ4v) is 5.78. The maximum absolute atomic E-state index is 12.6. The lowest BCUT2D eigenvalue weighted by molar-refractivity contribution is 0.186. The minimum atomic E-state index is -3.77. The summed E-state index contributed by atoms with van der Waals surface area (Å²) in [6.07, 6.45) is 4.12. The van der Waals surface area contributed by atoms with Crippen LogP contribution in [0.2, 0.25) is 0 Å². The van der Waals surface area contributed by atoms with Gasteiger partial charge in [-0.25, -0.2) is 21.6 Å². The molecule has 0 aliphatic carbocycles. The Kier molecular flexibility index (Phi) is 7.06. The van der Waals surface area contributed by atoms with E-state index in [1.165, 1.54) is 18.2 Å². The molecule has 0 unspecified atom stereocenters. The molecule has 2 rings (SSSR count). The van der Waals surface area contributed by atoms with E-state index in [-0.39, 0.29) is 9.79 Å². The molecule has 1 aromatic carbocycles. The predicted octanol–water partition coefficient (Wildman–Crippen LogP) is 2.25. The van der Waals surface area contributed by atoms with E-state index in [0.29, 0.717) is 16.9 Å². The third-order valence-electron chi connectivity index (χ3n) is 4.43. The third-order valence-corrected chi connectivity index (χ3v) is 7.96. The molecule has 9 heteroatoms. The van der Waals surface area contributed by atoms with Crippen molar-refractivity contribution in [1.82, 2.24) is 9.62 Å². The first-order chi connectivity index (χ1) is 11.6. The van der Waals surface area contributed by atoms with Gasteiger partial charge in [-0.2, -0.15) is 0 Å². The Morgan fingerprint density at radius 2 is 1.84 bits per heavy atom. The van der Waals surface area contributed by atoms with Crippen LogP contribution in [0.15, 0.2) is 32.5 Å². The molecule has 0 radical (unpaired) electrons. The molecule has 1 saturated heterocycles. The number of piperidine rings is 1. The molecule has 142 valence electrons. The molecule has 0 spiro atoms. The fourth-order valence-electron chi connectivity index (χ4n) is 2.96. The maximum Gasteiger partial charge on any atom is 0.241 e. The number of hydrogen-bond acceptors (Lipinski definition) is 5. The standard InChI is InChI=1S/C16H25BrN2O4S2/c1-3-8-19-9-6-13(7-10-19)12-18-25(22,23)16-11-14(24(2,20)21)4-5-15(16)17/h4-5,11,13,18H,3,6-10,12H2,1-2H3. The van der Waals surface area contributed by atoms with Crippen molar-refractivity contribution in [3.8, 4) is 0 Å². The largest absolute Gasteiger partial charge is 0.303 e. The van der Waals surface area contributed by atoms with Gasteiger partial charge in [-0.05, 0) is 78.9 Å². The summed E-state index contributed by atoms with van der Waals surface area (Å²) in [6, 6.07) is 4.04. The third kappa shape index (κ3) is 5.75. The van der Waals surface area contributed by atoms with Gasteiger partial charge in [-0.15, -0.1) is 0 Å². The van der Waals surface area contributed by atoms with Gasteiger partial charge in [0.25, 0.3) is 0 Å². The predicted molar refractivity (Wildman–Crippen MR) is 102 cm³/mol. The second-order valence-corrected chi connectivity index (χ2v) is 11.1. The number of nitrogens with zero attached hydrogens (tertiary/aromatic N) is 1. The van der Waals surface area contributed by atoms with Gasteiger partial charge in [0.15, 0.2) is 9.84 Å². The summed E-state index contributed by atoms with van der Waals surface area (Å²) in [7, 11) is -7.24. The van der Waals surface area contributed by atoms with Crippen LogP contribution >= 0.6 is 15.9 Å². The number of likely N-dealkylation sites (tertiary alicyclic amines) is 1. The van der Waals surface area contributed by atoms with Crippen LogP contribution in [0.3, 0.4) is 0 Å². The summed E-state index contributed by atoms with van der Waals surface area (Å²) in [5.74, 6) is 0.305. The zero-order valence-electron chi connectivity index (χ0n) is 14.5. The van der Waals surface area contributed by atoms with Gasteiger partial charge >= 0.3 is 0 Å². The van der Waals surface area contributed by atoms with Crippen molar-refractivity contribution in [2.75, 3.05) is 32.4 Å². The van der Waals surface area contributed by atoms with Gasteiger partial charge in [-0.1, -0.05) is 6.92 Å². The molecule has 0 aromatic heterocycles. The highest BCUT2D eigenvalue weighted by molar-refractivity contribution is 9.10. The van der Waals surface area contributed by atoms with Gasteiger partial charge in [-0.3, -0.25) is 0 Å². The average molecular weight is 453 g/mol. The molecular weight excluding hydrogens is 428 g/mol. The van der Waals surface area contributed by atoms with Crippen LogP contribution in [0, 0.1) is 5.92 Å². The normalized spacial score (nSPS) is 17.7. The summed E-state index contributed by atoms with van der Waals surface area (Å²) in [5, 5.41) is 0. The number of rotatable bonds is 7. The Morgan fingerprint density at radius 1 is 1.20 bits per heavy atom. The summed E-state index contributed by atoms with van der Waals surface area (Å²) in [6.45, 7) is 5.60. The number of nitrogens with one attached hydrogen (secondary N) is 1. The zero-order chi connectivity index (χ0) is 18.7. The van der Waals surface area contributed by atoms with Crippen molar-refractivity contribution in [1.29, 1.82) is 0 Å². The van der Waals surface area contributed by atoms with Crippen LogP contribution in [0.25, 0.3) is 0 Å². The van der Waals surface area contributed by atoms with Crippen molar-refractivity contribution in [3.63, 3.8) is 0 Å². The van der Waals surface area contributed by atoms with E-state index >= 15 is 0 Å². The van der Waals surface area contributed by atoms with Crippen LogP contribution in [0.5, 0.6) is 0 Å². The summed E-state index contributed by atoms with van der Waals surface area (Å²) >= 11 is 3.20. The van der Waals surface area contributed by atoms with Crippen LogP contribution in [0.4, 0.5) is 0 Å². The van der Waals surface area contributed by atoms with Crippen LogP contribution in [0.1, 0.15) is 26.2 Å². The molecule has 6 nitrogen and oxygen atoms in total. The number of sulfone groups is 1. The van der Waals surface area contributed by atoms with Crippen molar-refractivity contribution in [3.05, 3.63) is 22.7 Å². The SMILES string of the molecule is CCCN1CCC(CNS(=O)(=O)c2cc(S(C)(=O)=O)ccc2Br)CC1. The minimum Gasteiger partial charge on any atom is -0.303 e. The molecule has 1 aliphatic rings. The first-order valence-electron chi connectivity index (χ1n) is 8.35. The Balaban J connectivity index is 2.05. The molecule has 0 bridgehead atoms. The van der Waals surface area contributed by atoms with Gasteiger partial charge < -0.3 is 4.90 Å². The Morgan fingerprint density at radius 3 is 2.40 bits per heavy atom. The second kappa shape index (κ2) is 8.47. The van der Waals surface area contributed by atoms with Gasteiger partial charge in [0.1, 0.15) is 0 Å². The smallest absolute Gasteiger partial charge is 0.241 e. The summed E-state index contributed by atoms with van der Waals surface area (Å²) < 4.78 is 51.5. The van der Waals surface area contributed by atoms with E-state index in [4.69, 9.17) is 0 Å². The summed E-state index contributed by atoms with van der Waals surface area (Å²) in [4.78, 5) is 2.35. The van der Waals surface area contributed by atoms with E-state index in [9.17, 15) is 16.8 Å². The fraction of sp³-hybridized carbons (Fsp3) is 0.625. The average Bonchev–Trinajstić information content (AvgIpc) is 2.54. The lowest BCUT2D eigenvalue weighted by Crippen LogP contribution is -2.39. The zero-order valence-corrected chi connectivity index (χ0v) is 17.8. The lowest BCUT2D eigenvalue weighted by atomic mass is 9.97. The molecule has 0 atom stereocenters. The highest BCUT2D eigenvalue weighted by Crippen LogP contribution is 2.26. The topological polar surface area (TPSA) is 83.6 Å². The van der Waals surface area contributed by atoms with Crippen LogP contribution < -0.4 is 4.72 Å². The second-order valence-electron chi connectivity index (χ2n) is 6.50. The van der Waals surface area contributed by atoms with Crippen molar-refractivity contribution >= 4 is 35.8 Å². The monoisotopic (exact) mass is 452 g/mol. The summed E-state index contributed by atoms with van der Waals surface area (Å²) in [5.41, 5.74) is 0. The van der Waals surface area contributed by atoms with E-state index in [2.05, 4.69) is 32.5 Å². The molecule has 1 N–H and O–H groups in total. The first kappa shape index (κ1) is 20.8. The van der Waals surface area contributed by atoms with Crippen molar-refractivity contribution in [2.24, 2.45) is 5.92 Å². The van der Waals surface area contributed by atoms with Crippen LogP contribution in [-0.2, 0) is 19.9 Å². The molecule has 1 fully saturated rings.